The molecule has 0 radical (unpaired) electrons. The Bertz CT molecular complexity index is 1390. The van der Waals surface area contributed by atoms with Crippen LogP contribution in [0.25, 0.3) is 10.8 Å². The zero-order chi connectivity index (χ0) is 33.0. The Labute approximate surface area is 270 Å². The van der Waals surface area contributed by atoms with Gasteiger partial charge in [-0.2, -0.15) is 0 Å². The van der Waals surface area contributed by atoms with Crippen molar-refractivity contribution in [2.45, 2.75) is 111 Å². The highest BCUT2D eigenvalue weighted by molar-refractivity contribution is 6.00. The van der Waals surface area contributed by atoms with Gasteiger partial charge in [-0.25, -0.2) is 4.79 Å². The molecule has 0 heterocycles. The van der Waals surface area contributed by atoms with Crippen molar-refractivity contribution in [1.82, 2.24) is 10.2 Å². The third-order valence-electron chi connectivity index (χ3n) is 7.92. The number of hydrogen-bond donors (Lipinski definition) is 2. The van der Waals surface area contributed by atoms with E-state index in [1.54, 1.807) is 25.7 Å². The third-order valence-corrected chi connectivity index (χ3v) is 7.92. The van der Waals surface area contributed by atoms with Crippen LogP contribution in [0.4, 0.5) is 10.5 Å². The second-order valence-corrected chi connectivity index (χ2v) is 13.2. The van der Waals surface area contributed by atoms with E-state index < -0.39 is 23.8 Å². The zero-order valence-corrected chi connectivity index (χ0v) is 28.3. The van der Waals surface area contributed by atoms with E-state index in [1.807, 2.05) is 80.6 Å². The SMILES string of the molecule is CCCCCCCCN(C(=O)C(NC(=O)OC(C)(C)C)C(C)C)C(C(=O)Nc1ccc2ccccc2c1)c1ccc(CC)cc1. The van der Waals surface area contributed by atoms with E-state index in [1.165, 1.54) is 6.42 Å². The summed E-state index contributed by atoms with van der Waals surface area (Å²) < 4.78 is 5.52. The molecule has 3 aromatic carbocycles. The normalized spacial score (nSPS) is 12.9. The Morgan fingerprint density at radius 3 is 2.09 bits per heavy atom. The molecule has 0 aliphatic rings. The number of benzene rings is 3. The first kappa shape index (κ1) is 35.6. The van der Waals surface area contributed by atoms with E-state index in [9.17, 15) is 14.4 Å². The summed E-state index contributed by atoms with van der Waals surface area (Å²) >= 11 is 0. The second kappa shape index (κ2) is 17.0. The molecule has 0 aliphatic carbocycles. The summed E-state index contributed by atoms with van der Waals surface area (Å²) in [4.78, 5) is 43.3. The highest BCUT2D eigenvalue weighted by Crippen LogP contribution is 2.28. The Morgan fingerprint density at radius 1 is 0.822 bits per heavy atom. The number of fused-ring (bicyclic) bond motifs is 1. The van der Waals surface area contributed by atoms with Crippen molar-refractivity contribution >= 4 is 34.4 Å². The van der Waals surface area contributed by atoms with Crippen LogP contribution in [0.2, 0.25) is 0 Å². The molecule has 7 heteroatoms. The molecule has 0 saturated carbocycles. The predicted octanol–water partition coefficient (Wildman–Crippen LogP) is 8.82. The van der Waals surface area contributed by atoms with Crippen LogP contribution in [-0.4, -0.2) is 41.0 Å². The van der Waals surface area contributed by atoms with E-state index in [0.29, 0.717) is 12.2 Å². The minimum Gasteiger partial charge on any atom is -0.444 e. The molecule has 3 amide bonds. The van der Waals surface area contributed by atoms with Crippen LogP contribution in [0.3, 0.4) is 0 Å². The highest BCUT2D eigenvalue weighted by Gasteiger charge is 2.37. The predicted molar refractivity (Wildman–Crippen MR) is 184 cm³/mol. The van der Waals surface area contributed by atoms with Crippen molar-refractivity contribution < 1.29 is 19.1 Å². The van der Waals surface area contributed by atoms with Gasteiger partial charge < -0.3 is 20.3 Å². The molecule has 3 aromatic rings. The molecule has 0 spiro atoms. The van der Waals surface area contributed by atoms with Crippen LogP contribution in [-0.2, 0) is 20.7 Å². The molecular weight excluding hydrogens is 562 g/mol. The minimum absolute atomic E-state index is 0.233. The van der Waals surface area contributed by atoms with Gasteiger partial charge in [-0.3, -0.25) is 9.59 Å². The maximum atomic E-state index is 14.5. The number of amides is 3. The topological polar surface area (TPSA) is 87.7 Å². The number of carbonyl (C=O) groups is 3. The molecule has 2 unspecified atom stereocenters. The molecule has 45 heavy (non-hydrogen) atoms. The molecule has 0 aromatic heterocycles. The molecule has 7 nitrogen and oxygen atoms in total. The number of nitrogens with one attached hydrogen (secondary N) is 2. The summed E-state index contributed by atoms with van der Waals surface area (Å²) in [6, 6.07) is 20.0. The molecular formula is C38H53N3O4. The average molecular weight is 616 g/mol. The van der Waals surface area contributed by atoms with E-state index in [4.69, 9.17) is 4.74 Å². The monoisotopic (exact) mass is 615 g/mol. The number of nitrogens with zero attached hydrogens (tertiary/aromatic N) is 1. The van der Waals surface area contributed by atoms with Crippen molar-refractivity contribution in [2.24, 2.45) is 5.92 Å². The average Bonchev–Trinajstić information content (AvgIpc) is 2.99. The van der Waals surface area contributed by atoms with Crippen LogP contribution in [0.15, 0.2) is 66.7 Å². The second-order valence-electron chi connectivity index (χ2n) is 13.2. The molecule has 2 N–H and O–H groups in total. The smallest absolute Gasteiger partial charge is 0.408 e. The Hall–Kier alpha value is -3.87. The van der Waals surface area contributed by atoms with Gasteiger partial charge in [0, 0.05) is 12.2 Å². The van der Waals surface area contributed by atoms with E-state index in [0.717, 1.165) is 60.4 Å². The molecule has 2 atom stereocenters. The van der Waals surface area contributed by atoms with Crippen LogP contribution in [0.1, 0.15) is 104 Å². The fourth-order valence-corrected chi connectivity index (χ4v) is 5.44. The van der Waals surface area contributed by atoms with Gasteiger partial charge in [0.15, 0.2) is 0 Å². The van der Waals surface area contributed by atoms with E-state index >= 15 is 0 Å². The maximum absolute atomic E-state index is 14.5. The Morgan fingerprint density at radius 2 is 1.47 bits per heavy atom. The number of anilines is 1. The van der Waals surface area contributed by atoms with Crippen LogP contribution < -0.4 is 10.6 Å². The molecule has 0 saturated heterocycles. The molecule has 244 valence electrons. The number of ether oxygens (including phenoxy) is 1. The van der Waals surface area contributed by atoms with Crippen LogP contribution >= 0.6 is 0 Å². The largest absolute Gasteiger partial charge is 0.444 e. The number of alkyl carbamates (subject to hydrolysis) is 1. The van der Waals surface area contributed by atoms with Gasteiger partial charge in [-0.1, -0.05) is 114 Å². The first-order valence-electron chi connectivity index (χ1n) is 16.6. The van der Waals surface area contributed by atoms with Crippen molar-refractivity contribution in [3.05, 3.63) is 77.9 Å². The first-order valence-corrected chi connectivity index (χ1v) is 16.6. The van der Waals surface area contributed by atoms with Crippen molar-refractivity contribution in [3.8, 4) is 0 Å². The number of carbonyl (C=O) groups excluding carboxylic acids is 3. The van der Waals surface area contributed by atoms with E-state index in [2.05, 4.69) is 24.5 Å². The third kappa shape index (κ3) is 10.9. The number of unbranched alkanes of at least 4 members (excludes halogenated alkanes) is 5. The lowest BCUT2D eigenvalue weighted by atomic mass is 9.97. The fraction of sp³-hybridized carbons (Fsp3) is 0.500. The highest BCUT2D eigenvalue weighted by atomic mass is 16.6. The van der Waals surface area contributed by atoms with Crippen molar-refractivity contribution in [2.75, 3.05) is 11.9 Å². The molecule has 0 bridgehead atoms. The number of aryl methyl sites for hydroxylation is 1. The van der Waals surface area contributed by atoms with Gasteiger partial charge in [-0.15, -0.1) is 0 Å². The lowest BCUT2D eigenvalue weighted by Crippen LogP contribution is -2.54. The van der Waals surface area contributed by atoms with Crippen molar-refractivity contribution in [1.29, 1.82) is 0 Å². The summed E-state index contributed by atoms with van der Waals surface area (Å²) in [5, 5.41) is 8.02. The molecule has 0 aliphatic heterocycles. The number of rotatable bonds is 15. The van der Waals surface area contributed by atoms with Crippen LogP contribution in [0, 0.1) is 5.92 Å². The zero-order valence-electron chi connectivity index (χ0n) is 28.3. The van der Waals surface area contributed by atoms with Gasteiger partial charge in [-0.05, 0) is 73.6 Å². The van der Waals surface area contributed by atoms with Gasteiger partial charge >= 0.3 is 6.09 Å². The van der Waals surface area contributed by atoms with E-state index in [-0.39, 0.29) is 17.7 Å². The molecule has 0 fully saturated rings. The first-order chi connectivity index (χ1) is 21.4. The quantitative estimate of drug-likeness (QED) is 0.167. The lowest BCUT2D eigenvalue weighted by Gasteiger charge is -2.35. The lowest BCUT2D eigenvalue weighted by molar-refractivity contribution is -0.141. The molecule has 3 rings (SSSR count). The van der Waals surface area contributed by atoms with Gasteiger partial charge in [0.1, 0.15) is 17.7 Å². The minimum atomic E-state index is -0.896. The Balaban J connectivity index is 2.01. The summed E-state index contributed by atoms with van der Waals surface area (Å²) in [7, 11) is 0. The summed E-state index contributed by atoms with van der Waals surface area (Å²) in [5.74, 6) is -0.833. The van der Waals surface area contributed by atoms with Gasteiger partial charge in [0.05, 0.1) is 0 Å². The van der Waals surface area contributed by atoms with Crippen molar-refractivity contribution in [3.63, 3.8) is 0 Å². The summed E-state index contributed by atoms with van der Waals surface area (Å²) in [5.41, 5.74) is 1.82. The fourth-order valence-electron chi connectivity index (χ4n) is 5.44. The Kier molecular flexibility index (Phi) is 13.4. The van der Waals surface area contributed by atoms with Crippen LogP contribution in [0.5, 0.6) is 0 Å². The number of hydrogen-bond acceptors (Lipinski definition) is 4. The summed E-state index contributed by atoms with van der Waals surface area (Å²) in [6.45, 7) is 13.8. The van der Waals surface area contributed by atoms with Gasteiger partial charge in [0.2, 0.25) is 5.91 Å². The standard InChI is InChI=1S/C38H53N3O4/c1-8-10-11-12-13-16-25-41(36(43)33(27(3)4)40-37(44)45-38(5,6)7)34(30-21-19-28(9-2)20-22-30)35(42)39-32-24-23-29-17-14-15-18-31(29)26-32/h14-15,17-24,26-27,33-34H,8-13,16,25H2,1-7H3,(H,39,42)(H,40,44). The maximum Gasteiger partial charge on any atom is 0.408 e. The summed E-state index contributed by atoms with van der Waals surface area (Å²) in [6.07, 6.45) is 6.45. The van der Waals surface area contributed by atoms with Gasteiger partial charge in [0.25, 0.3) is 5.91 Å².